The smallest absolute Gasteiger partial charge is 0.240 e. The Morgan fingerprint density at radius 3 is 2.44 bits per heavy atom. The Bertz CT molecular complexity index is 1350. The lowest BCUT2D eigenvalue weighted by Crippen LogP contribution is -2.25. The van der Waals surface area contributed by atoms with Crippen LogP contribution in [0.4, 0.5) is 0 Å². The predicted octanol–water partition coefficient (Wildman–Crippen LogP) is 4.56. The number of nitrogens with zero attached hydrogens (tertiary/aromatic N) is 3. The Morgan fingerprint density at radius 1 is 1.00 bits per heavy atom. The molecule has 0 saturated heterocycles. The van der Waals surface area contributed by atoms with E-state index < -0.39 is 10.0 Å². The minimum Gasteiger partial charge on any atom is -0.307 e. The van der Waals surface area contributed by atoms with Crippen molar-refractivity contribution >= 4 is 21.2 Å². The van der Waals surface area contributed by atoms with E-state index in [1.165, 1.54) is 5.56 Å². The van der Waals surface area contributed by atoms with Crippen LogP contribution >= 0.6 is 0 Å². The van der Waals surface area contributed by atoms with E-state index in [4.69, 9.17) is 0 Å². The van der Waals surface area contributed by atoms with Crippen molar-refractivity contribution < 1.29 is 8.42 Å². The van der Waals surface area contributed by atoms with Crippen molar-refractivity contribution in [3.8, 4) is 0 Å². The molecule has 7 heteroatoms. The van der Waals surface area contributed by atoms with Gasteiger partial charge >= 0.3 is 0 Å². The first-order chi connectivity index (χ1) is 15.1. The Kier molecular flexibility index (Phi) is 5.88. The van der Waals surface area contributed by atoms with Gasteiger partial charge in [0, 0.05) is 6.20 Å². The SMILES string of the molecule is Cc1cccc(Cn2c(CNS(=O)(=O)c3ccc(C(C)(C)C)cc3)nc3cccnc32)c1. The summed E-state index contributed by atoms with van der Waals surface area (Å²) in [6.07, 6.45) is 1.72. The average Bonchev–Trinajstić information content (AvgIpc) is 3.09. The van der Waals surface area contributed by atoms with Crippen LogP contribution in [-0.2, 0) is 28.5 Å². The van der Waals surface area contributed by atoms with Gasteiger partial charge in [-0.15, -0.1) is 0 Å². The van der Waals surface area contributed by atoms with Crippen LogP contribution in [0.3, 0.4) is 0 Å². The van der Waals surface area contributed by atoms with E-state index in [9.17, 15) is 8.42 Å². The van der Waals surface area contributed by atoms with Crippen molar-refractivity contribution in [2.24, 2.45) is 0 Å². The molecule has 166 valence electrons. The quantitative estimate of drug-likeness (QED) is 0.469. The molecule has 0 aliphatic carbocycles. The lowest BCUT2D eigenvalue weighted by Gasteiger charge is -2.19. The fourth-order valence-corrected chi connectivity index (χ4v) is 4.66. The second-order valence-corrected chi connectivity index (χ2v) is 10.8. The highest BCUT2D eigenvalue weighted by atomic mass is 32.2. The molecule has 0 bridgehead atoms. The number of pyridine rings is 1. The van der Waals surface area contributed by atoms with Gasteiger partial charge < -0.3 is 4.57 Å². The van der Waals surface area contributed by atoms with Crippen LogP contribution in [-0.4, -0.2) is 23.0 Å². The zero-order chi connectivity index (χ0) is 22.9. The Morgan fingerprint density at radius 2 is 1.75 bits per heavy atom. The third kappa shape index (κ3) is 4.74. The van der Waals surface area contributed by atoms with Gasteiger partial charge in [-0.2, -0.15) is 0 Å². The van der Waals surface area contributed by atoms with Crippen LogP contribution in [0.25, 0.3) is 11.2 Å². The molecule has 0 unspecified atom stereocenters. The molecule has 0 saturated carbocycles. The monoisotopic (exact) mass is 448 g/mol. The summed E-state index contributed by atoms with van der Waals surface area (Å²) in [7, 11) is -3.68. The van der Waals surface area contributed by atoms with Crippen molar-refractivity contribution in [2.75, 3.05) is 0 Å². The number of nitrogens with one attached hydrogen (secondary N) is 1. The zero-order valence-corrected chi connectivity index (χ0v) is 19.6. The lowest BCUT2D eigenvalue weighted by molar-refractivity contribution is 0.574. The summed E-state index contributed by atoms with van der Waals surface area (Å²) in [5, 5.41) is 0. The van der Waals surface area contributed by atoms with Gasteiger partial charge in [0.15, 0.2) is 5.65 Å². The van der Waals surface area contributed by atoms with Crippen molar-refractivity contribution in [1.82, 2.24) is 19.3 Å². The lowest BCUT2D eigenvalue weighted by atomic mass is 9.87. The van der Waals surface area contributed by atoms with Crippen LogP contribution in [0.15, 0.2) is 71.8 Å². The minimum absolute atomic E-state index is 0.0383. The second-order valence-electron chi connectivity index (χ2n) is 9.05. The highest BCUT2D eigenvalue weighted by Crippen LogP contribution is 2.23. The van der Waals surface area contributed by atoms with Gasteiger partial charge in [-0.1, -0.05) is 62.7 Å². The second kappa shape index (κ2) is 8.48. The van der Waals surface area contributed by atoms with Crippen LogP contribution in [0.5, 0.6) is 0 Å². The summed E-state index contributed by atoms with van der Waals surface area (Å²) in [4.78, 5) is 9.37. The Balaban J connectivity index is 1.61. The maximum absolute atomic E-state index is 12.9. The molecule has 0 fully saturated rings. The highest BCUT2D eigenvalue weighted by molar-refractivity contribution is 7.89. The number of aryl methyl sites for hydroxylation is 1. The number of aromatic nitrogens is 3. The first-order valence-corrected chi connectivity index (χ1v) is 12.1. The molecule has 2 aromatic carbocycles. The van der Waals surface area contributed by atoms with Crippen molar-refractivity contribution in [3.63, 3.8) is 0 Å². The third-order valence-electron chi connectivity index (χ3n) is 5.46. The van der Waals surface area contributed by atoms with E-state index in [1.807, 2.05) is 54.0 Å². The molecule has 1 N–H and O–H groups in total. The molecular weight excluding hydrogens is 420 g/mol. The van der Waals surface area contributed by atoms with Crippen LogP contribution in [0, 0.1) is 6.92 Å². The molecule has 2 aromatic heterocycles. The Hall–Kier alpha value is -3.03. The molecule has 0 aliphatic heterocycles. The van der Waals surface area contributed by atoms with Crippen LogP contribution in [0.2, 0.25) is 0 Å². The number of rotatable bonds is 6. The van der Waals surface area contributed by atoms with E-state index in [2.05, 4.69) is 41.5 Å². The number of imidazole rings is 1. The number of fused-ring (bicyclic) bond motifs is 1. The standard InChI is InChI=1S/C25H28N4O2S/c1-18-7-5-8-19(15-18)17-29-23(28-22-9-6-14-26-24(22)29)16-27-32(30,31)21-12-10-20(11-13-21)25(2,3)4/h5-15,27H,16-17H2,1-4H3. The van der Waals surface area contributed by atoms with Crippen molar-refractivity contribution in [1.29, 1.82) is 0 Å². The van der Waals surface area contributed by atoms with Crippen LogP contribution < -0.4 is 4.72 Å². The summed E-state index contributed by atoms with van der Waals surface area (Å²) in [5.41, 5.74) is 4.80. The van der Waals surface area contributed by atoms with E-state index in [1.54, 1.807) is 18.3 Å². The summed E-state index contributed by atoms with van der Waals surface area (Å²) in [6, 6.07) is 19.0. The van der Waals surface area contributed by atoms with Gasteiger partial charge in [0.05, 0.1) is 18.0 Å². The van der Waals surface area contributed by atoms with Gasteiger partial charge in [0.2, 0.25) is 10.0 Å². The number of hydrogen-bond acceptors (Lipinski definition) is 4. The topological polar surface area (TPSA) is 76.9 Å². The number of hydrogen-bond donors (Lipinski definition) is 1. The number of benzene rings is 2. The average molecular weight is 449 g/mol. The first-order valence-electron chi connectivity index (χ1n) is 10.6. The predicted molar refractivity (Wildman–Crippen MR) is 127 cm³/mol. The summed E-state index contributed by atoms with van der Waals surface area (Å²) >= 11 is 0. The zero-order valence-electron chi connectivity index (χ0n) is 18.8. The minimum atomic E-state index is -3.68. The molecule has 0 aliphatic rings. The van der Waals surface area contributed by atoms with Crippen molar-refractivity contribution in [3.05, 3.63) is 89.4 Å². The van der Waals surface area contributed by atoms with Crippen molar-refractivity contribution in [2.45, 2.75) is 51.1 Å². The van der Waals surface area contributed by atoms with Gasteiger partial charge in [0.25, 0.3) is 0 Å². The maximum Gasteiger partial charge on any atom is 0.240 e. The molecule has 32 heavy (non-hydrogen) atoms. The van der Waals surface area contributed by atoms with Gasteiger partial charge in [-0.05, 0) is 47.7 Å². The highest BCUT2D eigenvalue weighted by Gasteiger charge is 2.19. The fourth-order valence-electron chi connectivity index (χ4n) is 3.68. The Labute approximate surface area is 189 Å². The molecule has 0 atom stereocenters. The molecular formula is C25H28N4O2S. The molecule has 6 nitrogen and oxygen atoms in total. The van der Waals surface area contributed by atoms with E-state index in [-0.39, 0.29) is 16.9 Å². The molecule has 0 amide bonds. The largest absolute Gasteiger partial charge is 0.307 e. The van der Waals surface area contributed by atoms with E-state index in [0.29, 0.717) is 12.4 Å². The van der Waals surface area contributed by atoms with E-state index >= 15 is 0 Å². The maximum atomic E-state index is 12.9. The number of sulfonamides is 1. The van der Waals surface area contributed by atoms with Gasteiger partial charge in [0.1, 0.15) is 11.3 Å². The molecule has 0 radical (unpaired) electrons. The molecule has 0 spiro atoms. The summed E-state index contributed by atoms with van der Waals surface area (Å²) < 4.78 is 30.5. The van der Waals surface area contributed by atoms with Gasteiger partial charge in [-0.3, -0.25) is 0 Å². The van der Waals surface area contributed by atoms with Crippen LogP contribution in [0.1, 0.15) is 43.3 Å². The fraction of sp³-hybridized carbons (Fsp3) is 0.280. The molecule has 2 heterocycles. The summed E-state index contributed by atoms with van der Waals surface area (Å²) in [5.74, 6) is 0.620. The molecule has 4 aromatic rings. The van der Waals surface area contributed by atoms with Gasteiger partial charge in [-0.25, -0.2) is 23.1 Å². The third-order valence-corrected chi connectivity index (χ3v) is 6.87. The molecule has 4 rings (SSSR count). The first kappa shape index (κ1) is 22.2. The normalized spacial score (nSPS) is 12.4. The van der Waals surface area contributed by atoms with E-state index in [0.717, 1.165) is 22.3 Å². The summed E-state index contributed by atoms with van der Waals surface area (Å²) in [6.45, 7) is 8.98.